The van der Waals surface area contributed by atoms with Gasteiger partial charge in [-0.15, -0.1) is 0 Å². The van der Waals surface area contributed by atoms with Crippen molar-refractivity contribution in [2.45, 2.75) is 51.4 Å². The number of halogens is 1. The van der Waals surface area contributed by atoms with E-state index in [4.69, 9.17) is 0 Å². The molecule has 0 radical (unpaired) electrons. The molecule has 0 aromatic heterocycles. The molecule has 0 bridgehead atoms. The summed E-state index contributed by atoms with van der Waals surface area (Å²) < 4.78 is 1.13. The zero-order valence-electron chi connectivity index (χ0n) is 9.43. The molecule has 1 aliphatic carbocycles. The van der Waals surface area contributed by atoms with Crippen molar-refractivity contribution in [2.75, 3.05) is 11.0 Å². The highest BCUT2D eigenvalue weighted by Gasteiger charge is 2.18. The van der Waals surface area contributed by atoms with Crippen LogP contribution in [0.1, 0.15) is 51.4 Å². The lowest BCUT2D eigenvalue weighted by Crippen LogP contribution is -2.32. The molecule has 0 aliphatic heterocycles. The van der Waals surface area contributed by atoms with Crippen molar-refractivity contribution in [3.05, 3.63) is 0 Å². The van der Waals surface area contributed by atoms with Crippen LogP contribution in [0.5, 0.6) is 0 Å². The van der Waals surface area contributed by atoms with Crippen molar-refractivity contribution in [2.24, 2.45) is 5.92 Å². The molecule has 1 amide bonds. The predicted octanol–water partition coefficient (Wildman–Crippen LogP) is 3.29. The van der Waals surface area contributed by atoms with Crippen molar-refractivity contribution in [1.82, 2.24) is 5.32 Å². The van der Waals surface area contributed by atoms with Crippen LogP contribution >= 0.6 is 22.6 Å². The molecule has 0 saturated heterocycles. The first kappa shape index (κ1) is 13.3. The van der Waals surface area contributed by atoms with E-state index < -0.39 is 0 Å². The molecule has 1 rings (SSSR count). The third-order valence-corrected chi connectivity index (χ3v) is 3.85. The van der Waals surface area contributed by atoms with Crippen molar-refractivity contribution in [1.29, 1.82) is 0 Å². The summed E-state index contributed by atoms with van der Waals surface area (Å²) in [7, 11) is 0. The van der Waals surface area contributed by atoms with E-state index in [1.165, 1.54) is 32.1 Å². The number of carbonyl (C=O) groups is 1. The fraction of sp³-hybridized carbons (Fsp3) is 0.917. The molecule has 15 heavy (non-hydrogen) atoms. The Morgan fingerprint density at radius 2 is 1.73 bits per heavy atom. The molecule has 3 heteroatoms. The summed E-state index contributed by atoms with van der Waals surface area (Å²) in [5.74, 6) is 0.612. The lowest BCUT2D eigenvalue weighted by molar-refractivity contribution is -0.125. The van der Waals surface area contributed by atoms with E-state index in [1.54, 1.807) is 0 Å². The van der Waals surface area contributed by atoms with Crippen molar-refractivity contribution < 1.29 is 4.79 Å². The van der Waals surface area contributed by atoms with Gasteiger partial charge in [-0.3, -0.25) is 4.79 Å². The molecular weight excluding hydrogens is 301 g/mol. The van der Waals surface area contributed by atoms with Crippen LogP contribution in [-0.4, -0.2) is 16.9 Å². The Labute approximate surface area is 107 Å². The molecule has 0 heterocycles. The maximum atomic E-state index is 11.8. The van der Waals surface area contributed by atoms with Crippen LogP contribution < -0.4 is 5.32 Å². The molecule has 0 spiro atoms. The minimum Gasteiger partial charge on any atom is -0.356 e. The standard InChI is InChI=1S/C12H22INO/c13-9-6-10-14-12(15)11-7-4-2-1-3-5-8-11/h11H,1-10H2,(H,14,15). The molecule has 1 saturated carbocycles. The third kappa shape index (κ3) is 5.73. The van der Waals surface area contributed by atoms with Gasteiger partial charge >= 0.3 is 0 Å². The van der Waals surface area contributed by atoms with Gasteiger partial charge < -0.3 is 5.32 Å². The average molecular weight is 323 g/mol. The molecule has 0 aromatic rings. The van der Waals surface area contributed by atoms with Gasteiger partial charge in [0.05, 0.1) is 0 Å². The SMILES string of the molecule is O=C(NCCCI)C1CCCCCCC1. The topological polar surface area (TPSA) is 29.1 Å². The van der Waals surface area contributed by atoms with Gasteiger partial charge in [0.15, 0.2) is 0 Å². The van der Waals surface area contributed by atoms with Crippen LogP contribution in [0, 0.1) is 5.92 Å². The number of carbonyl (C=O) groups excluding carboxylic acids is 1. The van der Waals surface area contributed by atoms with Crippen molar-refractivity contribution in [3.8, 4) is 0 Å². The Hall–Kier alpha value is 0.200. The van der Waals surface area contributed by atoms with E-state index in [0.717, 1.165) is 30.2 Å². The number of alkyl halides is 1. The Bertz CT molecular complexity index is 176. The third-order valence-electron chi connectivity index (χ3n) is 3.09. The highest BCUT2D eigenvalue weighted by atomic mass is 127. The predicted molar refractivity (Wildman–Crippen MR) is 72.3 cm³/mol. The molecule has 2 nitrogen and oxygen atoms in total. The van der Waals surface area contributed by atoms with Gasteiger partial charge in [0.2, 0.25) is 5.91 Å². The highest BCUT2D eigenvalue weighted by Crippen LogP contribution is 2.22. The number of amides is 1. The zero-order chi connectivity index (χ0) is 10.9. The number of nitrogens with one attached hydrogen (secondary N) is 1. The van der Waals surface area contributed by atoms with Crippen LogP contribution in [0.4, 0.5) is 0 Å². The summed E-state index contributed by atoms with van der Waals surface area (Å²) >= 11 is 2.35. The number of rotatable bonds is 4. The second-order valence-corrected chi connectivity index (χ2v) is 5.45. The normalized spacial score (nSPS) is 19.3. The fourth-order valence-electron chi connectivity index (χ4n) is 2.14. The molecule has 0 aromatic carbocycles. The van der Waals surface area contributed by atoms with E-state index in [9.17, 15) is 4.79 Å². The molecular formula is C12H22INO. The first-order valence-electron chi connectivity index (χ1n) is 6.18. The molecule has 0 atom stereocenters. The second kappa shape index (κ2) is 8.36. The fourth-order valence-corrected chi connectivity index (χ4v) is 2.52. The lowest BCUT2D eigenvalue weighted by atomic mass is 9.90. The monoisotopic (exact) mass is 323 g/mol. The van der Waals surface area contributed by atoms with E-state index in [1.807, 2.05) is 0 Å². The van der Waals surface area contributed by atoms with Crippen LogP contribution in [0.25, 0.3) is 0 Å². The van der Waals surface area contributed by atoms with Gasteiger partial charge in [0.25, 0.3) is 0 Å². The van der Waals surface area contributed by atoms with E-state index in [0.29, 0.717) is 11.8 Å². The molecule has 88 valence electrons. The Morgan fingerprint density at radius 3 is 2.33 bits per heavy atom. The molecule has 1 aliphatic rings. The van der Waals surface area contributed by atoms with Gasteiger partial charge in [0.1, 0.15) is 0 Å². The highest BCUT2D eigenvalue weighted by molar-refractivity contribution is 14.1. The second-order valence-electron chi connectivity index (χ2n) is 4.38. The first-order chi connectivity index (χ1) is 7.34. The van der Waals surface area contributed by atoms with E-state index in [2.05, 4.69) is 27.9 Å². The zero-order valence-corrected chi connectivity index (χ0v) is 11.6. The summed E-state index contributed by atoms with van der Waals surface area (Å²) in [6.45, 7) is 0.859. The summed E-state index contributed by atoms with van der Waals surface area (Å²) in [6.07, 6.45) is 9.79. The van der Waals surface area contributed by atoms with Crippen molar-refractivity contribution in [3.63, 3.8) is 0 Å². The van der Waals surface area contributed by atoms with Gasteiger partial charge in [-0.05, 0) is 19.3 Å². The van der Waals surface area contributed by atoms with Crippen molar-refractivity contribution >= 4 is 28.5 Å². The van der Waals surface area contributed by atoms with Crippen LogP contribution in [0.3, 0.4) is 0 Å². The van der Waals surface area contributed by atoms with Gasteiger partial charge in [-0.25, -0.2) is 0 Å². The Morgan fingerprint density at radius 1 is 1.13 bits per heavy atom. The minimum atomic E-state index is 0.305. The summed E-state index contributed by atoms with van der Waals surface area (Å²) in [5, 5.41) is 3.06. The van der Waals surface area contributed by atoms with E-state index in [-0.39, 0.29) is 0 Å². The largest absolute Gasteiger partial charge is 0.356 e. The summed E-state index contributed by atoms with van der Waals surface area (Å²) in [6, 6.07) is 0. The van der Waals surface area contributed by atoms with Crippen LogP contribution in [0.2, 0.25) is 0 Å². The summed E-state index contributed by atoms with van der Waals surface area (Å²) in [4.78, 5) is 11.8. The van der Waals surface area contributed by atoms with Gasteiger partial charge in [-0.1, -0.05) is 54.7 Å². The Kier molecular flexibility index (Phi) is 7.40. The minimum absolute atomic E-state index is 0.305. The quantitative estimate of drug-likeness (QED) is 0.480. The molecule has 1 fully saturated rings. The molecule has 0 unspecified atom stereocenters. The summed E-state index contributed by atoms with van der Waals surface area (Å²) in [5.41, 5.74) is 0. The van der Waals surface area contributed by atoms with Gasteiger partial charge in [-0.2, -0.15) is 0 Å². The van der Waals surface area contributed by atoms with Crippen LogP contribution in [0.15, 0.2) is 0 Å². The van der Waals surface area contributed by atoms with E-state index >= 15 is 0 Å². The lowest BCUT2D eigenvalue weighted by Gasteiger charge is -2.18. The smallest absolute Gasteiger partial charge is 0.223 e. The number of hydrogen-bond acceptors (Lipinski definition) is 1. The maximum Gasteiger partial charge on any atom is 0.223 e. The maximum absolute atomic E-state index is 11.8. The average Bonchev–Trinajstić information content (AvgIpc) is 2.17. The van der Waals surface area contributed by atoms with Crippen LogP contribution in [-0.2, 0) is 4.79 Å². The number of hydrogen-bond donors (Lipinski definition) is 1. The molecule has 1 N–H and O–H groups in total. The first-order valence-corrected chi connectivity index (χ1v) is 7.71. The van der Waals surface area contributed by atoms with Gasteiger partial charge in [0, 0.05) is 16.9 Å². The Balaban J connectivity index is 2.22.